The summed E-state index contributed by atoms with van der Waals surface area (Å²) in [5, 5.41) is 0. The van der Waals surface area contributed by atoms with Gasteiger partial charge in [0.15, 0.2) is 0 Å². The number of hydrogen-bond acceptors (Lipinski definition) is 5. The standard InChI is InChI=1S/C11H17N3O2/c1-7(2)9-12-6-8(11(15)16-5)10(13-9)14(3)4/h6-7H,1-5H3. The molecule has 0 saturated heterocycles. The third-order valence-corrected chi connectivity index (χ3v) is 2.13. The van der Waals surface area contributed by atoms with Crippen LogP contribution in [0.5, 0.6) is 0 Å². The highest BCUT2D eigenvalue weighted by Crippen LogP contribution is 2.18. The van der Waals surface area contributed by atoms with Gasteiger partial charge in [0.05, 0.1) is 7.11 Å². The molecule has 0 atom stereocenters. The summed E-state index contributed by atoms with van der Waals surface area (Å²) < 4.78 is 4.68. The van der Waals surface area contributed by atoms with Crippen molar-refractivity contribution in [2.75, 3.05) is 26.1 Å². The molecule has 0 aliphatic heterocycles. The molecular formula is C11H17N3O2. The quantitative estimate of drug-likeness (QED) is 0.726. The summed E-state index contributed by atoms with van der Waals surface area (Å²) in [7, 11) is 5.01. The number of hydrogen-bond donors (Lipinski definition) is 0. The van der Waals surface area contributed by atoms with Gasteiger partial charge >= 0.3 is 5.97 Å². The third kappa shape index (κ3) is 2.48. The summed E-state index contributed by atoms with van der Waals surface area (Å²) in [6, 6.07) is 0. The molecule has 1 aromatic heterocycles. The summed E-state index contributed by atoms with van der Waals surface area (Å²) in [6.45, 7) is 4.01. The van der Waals surface area contributed by atoms with E-state index in [1.165, 1.54) is 13.3 Å². The molecule has 0 aliphatic rings. The van der Waals surface area contributed by atoms with Gasteiger partial charge in [-0.3, -0.25) is 0 Å². The van der Waals surface area contributed by atoms with Crippen LogP contribution in [-0.4, -0.2) is 37.1 Å². The Bertz CT molecular complexity index is 389. The smallest absolute Gasteiger partial charge is 0.343 e. The Morgan fingerprint density at radius 2 is 2.06 bits per heavy atom. The Morgan fingerprint density at radius 1 is 1.44 bits per heavy atom. The zero-order valence-corrected chi connectivity index (χ0v) is 10.3. The molecule has 0 fully saturated rings. The second-order valence-electron chi connectivity index (χ2n) is 4.01. The summed E-state index contributed by atoms with van der Waals surface area (Å²) in [5.41, 5.74) is 0.386. The maximum Gasteiger partial charge on any atom is 0.343 e. The highest BCUT2D eigenvalue weighted by Gasteiger charge is 2.17. The van der Waals surface area contributed by atoms with Crippen LogP contribution < -0.4 is 4.90 Å². The van der Waals surface area contributed by atoms with Crippen LogP contribution in [0.15, 0.2) is 6.20 Å². The van der Waals surface area contributed by atoms with Gasteiger partial charge in [0.2, 0.25) is 0 Å². The summed E-state index contributed by atoms with van der Waals surface area (Å²) in [6.07, 6.45) is 1.52. The number of ether oxygens (including phenoxy) is 1. The Kier molecular flexibility index (Phi) is 3.82. The van der Waals surface area contributed by atoms with Crippen molar-refractivity contribution in [3.05, 3.63) is 17.6 Å². The number of carbonyl (C=O) groups excluding carboxylic acids is 1. The van der Waals surface area contributed by atoms with Gasteiger partial charge in [-0.25, -0.2) is 14.8 Å². The maximum atomic E-state index is 11.5. The van der Waals surface area contributed by atoms with E-state index in [2.05, 4.69) is 14.7 Å². The lowest BCUT2D eigenvalue weighted by molar-refractivity contribution is 0.0600. The highest BCUT2D eigenvalue weighted by molar-refractivity contribution is 5.94. The Hall–Kier alpha value is -1.65. The predicted octanol–water partition coefficient (Wildman–Crippen LogP) is 1.45. The van der Waals surface area contributed by atoms with Crippen LogP contribution in [0.25, 0.3) is 0 Å². The molecule has 0 radical (unpaired) electrons. The molecule has 1 rings (SSSR count). The van der Waals surface area contributed by atoms with Crippen molar-refractivity contribution in [2.24, 2.45) is 0 Å². The first-order valence-electron chi connectivity index (χ1n) is 5.10. The van der Waals surface area contributed by atoms with E-state index in [4.69, 9.17) is 0 Å². The van der Waals surface area contributed by atoms with Crippen LogP contribution in [0.1, 0.15) is 35.9 Å². The normalized spacial score (nSPS) is 10.4. The molecule has 0 bridgehead atoms. The van der Waals surface area contributed by atoms with Gasteiger partial charge in [-0.2, -0.15) is 0 Å². The molecule has 1 heterocycles. The van der Waals surface area contributed by atoms with Crippen molar-refractivity contribution < 1.29 is 9.53 Å². The van der Waals surface area contributed by atoms with Gasteiger partial charge < -0.3 is 9.64 Å². The molecule has 0 aliphatic carbocycles. The number of esters is 1. The van der Waals surface area contributed by atoms with Gasteiger partial charge in [-0.15, -0.1) is 0 Å². The van der Waals surface area contributed by atoms with Gasteiger partial charge in [0.1, 0.15) is 17.2 Å². The first-order chi connectivity index (χ1) is 7.47. The summed E-state index contributed by atoms with van der Waals surface area (Å²) in [4.78, 5) is 21.8. The lowest BCUT2D eigenvalue weighted by atomic mass is 10.2. The lowest BCUT2D eigenvalue weighted by Crippen LogP contribution is -2.18. The van der Waals surface area contributed by atoms with Crippen molar-refractivity contribution in [2.45, 2.75) is 19.8 Å². The number of anilines is 1. The zero-order valence-electron chi connectivity index (χ0n) is 10.3. The maximum absolute atomic E-state index is 11.5. The summed E-state index contributed by atoms with van der Waals surface area (Å²) >= 11 is 0. The van der Waals surface area contributed by atoms with Crippen molar-refractivity contribution in [3.63, 3.8) is 0 Å². The van der Waals surface area contributed by atoms with Crippen LogP contribution in [0.2, 0.25) is 0 Å². The number of methoxy groups -OCH3 is 1. The van der Waals surface area contributed by atoms with E-state index in [1.54, 1.807) is 4.90 Å². The van der Waals surface area contributed by atoms with E-state index in [-0.39, 0.29) is 5.92 Å². The summed E-state index contributed by atoms with van der Waals surface area (Å²) in [5.74, 6) is 1.12. The predicted molar refractivity (Wildman–Crippen MR) is 61.8 cm³/mol. The zero-order chi connectivity index (χ0) is 12.3. The Labute approximate surface area is 95.5 Å². The number of rotatable bonds is 3. The van der Waals surface area contributed by atoms with Crippen LogP contribution in [0.3, 0.4) is 0 Å². The fourth-order valence-electron chi connectivity index (χ4n) is 1.26. The number of carbonyl (C=O) groups is 1. The van der Waals surface area contributed by atoms with E-state index in [9.17, 15) is 4.79 Å². The monoisotopic (exact) mass is 223 g/mol. The van der Waals surface area contributed by atoms with E-state index in [1.807, 2.05) is 27.9 Å². The highest BCUT2D eigenvalue weighted by atomic mass is 16.5. The van der Waals surface area contributed by atoms with Gasteiger partial charge in [0, 0.05) is 26.2 Å². The van der Waals surface area contributed by atoms with E-state index >= 15 is 0 Å². The van der Waals surface area contributed by atoms with E-state index in [0.29, 0.717) is 11.4 Å². The third-order valence-electron chi connectivity index (χ3n) is 2.13. The van der Waals surface area contributed by atoms with Crippen LogP contribution >= 0.6 is 0 Å². The number of aromatic nitrogens is 2. The average molecular weight is 223 g/mol. The average Bonchev–Trinajstić information content (AvgIpc) is 2.26. The van der Waals surface area contributed by atoms with Crippen LogP contribution in [0, 0.1) is 0 Å². The molecule has 1 aromatic rings. The van der Waals surface area contributed by atoms with Gasteiger partial charge in [-0.1, -0.05) is 13.8 Å². The lowest BCUT2D eigenvalue weighted by Gasteiger charge is -2.16. The van der Waals surface area contributed by atoms with Crippen molar-refractivity contribution in [1.82, 2.24) is 9.97 Å². The van der Waals surface area contributed by atoms with Crippen LogP contribution in [-0.2, 0) is 4.74 Å². The molecule has 0 spiro atoms. The first kappa shape index (κ1) is 12.4. The SMILES string of the molecule is COC(=O)c1cnc(C(C)C)nc1N(C)C. The molecule has 88 valence electrons. The largest absolute Gasteiger partial charge is 0.465 e. The minimum Gasteiger partial charge on any atom is -0.465 e. The molecular weight excluding hydrogens is 206 g/mol. The molecule has 0 saturated carbocycles. The first-order valence-corrected chi connectivity index (χ1v) is 5.10. The topological polar surface area (TPSA) is 55.3 Å². The van der Waals surface area contributed by atoms with Crippen molar-refractivity contribution in [1.29, 1.82) is 0 Å². The van der Waals surface area contributed by atoms with Crippen LogP contribution in [0.4, 0.5) is 5.82 Å². The Morgan fingerprint density at radius 3 is 2.50 bits per heavy atom. The fraction of sp³-hybridized carbons (Fsp3) is 0.545. The second-order valence-corrected chi connectivity index (χ2v) is 4.01. The molecule has 0 N–H and O–H groups in total. The van der Waals surface area contributed by atoms with E-state index < -0.39 is 5.97 Å². The molecule has 0 unspecified atom stereocenters. The number of nitrogens with zero attached hydrogens (tertiary/aromatic N) is 3. The van der Waals surface area contributed by atoms with Gasteiger partial charge in [-0.05, 0) is 0 Å². The molecule has 0 amide bonds. The molecule has 0 aromatic carbocycles. The van der Waals surface area contributed by atoms with Crippen molar-refractivity contribution in [3.8, 4) is 0 Å². The second kappa shape index (κ2) is 4.92. The molecule has 5 heteroatoms. The fourth-order valence-corrected chi connectivity index (χ4v) is 1.26. The molecule has 16 heavy (non-hydrogen) atoms. The minimum absolute atomic E-state index is 0.227. The van der Waals surface area contributed by atoms with E-state index in [0.717, 1.165) is 5.82 Å². The van der Waals surface area contributed by atoms with Crippen molar-refractivity contribution >= 4 is 11.8 Å². The van der Waals surface area contributed by atoms with Gasteiger partial charge in [0.25, 0.3) is 0 Å². The molecule has 5 nitrogen and oxygen atoms in total. The minimum atomic E-state index is -0.418. The Balaban J connectivity index is 3.25.